The SMILES string of the molecule is NC(c1ccc2c(c1)CCCS2)C1CCNCC1. The standard InChI is InChI=1S/C15H22N2S/c16-15(11-5-7-17-8-6-11)13-3-4-14-12(10-13)2-1-9-18-14/h3-4,10-11,15,17H,1-2,5-9,16H2. The summed E-state index contributed by atoms with van der Waals surface area (Å²) >= 11 is 1.99. The molecule has 0 saturated carbocycles. The maximum Gasteiger partial charge on any atom is 0.0324 e. The largest absolute Gasteiger partial charge is 0.324 e. The molecule has 2 aliphatic rings. The summed E-state index contributed by atoms with van der Waals surface area (Å²) in [5, 5.41) is 3.41. The first-order chi connectivity index (χ1) is 8.84. The van der Waals surface area contributed by atoms with Crippen LogP contribution in [0.15, 0.2) is 23.1 Å². The number of rotatable bonds is 2. The third-order valence-electron chi connectivity index (χ3n) is 4.21. The van der Waals surface area contributed by atoms with E-state index in [-0.39, 0.29) is 6.04 Å². The molecule has 0 aromatic heterocycles. The van der Waals surface area contributed by atoms with Gasteiger partial charge < -0.3 is 11.1 Å². The fourth-order valence-electron chi connectivity index (χ4n) is 3.06. The Bertz CT molecular complexity index is 413. The average molecular weight is 262 g/mol. The summed E-state index contributed by atoms with van der Waals surface area (Å²) in [5.41, 5.74) is 9.34. The van der Waals surface area contributed by atoms with Crippen LogP contribution in [0.25, 0.3) is 0 Å². The summed E-state index contributed by atoms with van der Waals surface area (Å²) in [5.74, 6) is 1.92. The van der Waals surface area contributed by atoms with Crippen LogP contribution in [0.5, 0.6) is 0 Å². The lowest BCUT2D eigenvalue weighted by molar-refractivity contribution is 0.322. The van der Waals surface area contributed by atoms with Crippen molar-refractivity contribution in [2.45, 2.75) is 36.6 Å². The van der Waals surface area contributed by atoms with Crippen LogP contribution in [0, 0.1) is 5.92 Å². The first-order valence-electron chi connectivity index (χ1n) is 7.06. The van der Waals surface area contributed by atoms with Crippen LogP contribution < -0.4 is 11.1 Å². The average Bonchev–Trinajstić information content (AvgIpc) is 2.47. The van der Waals surface area contributed by atoms with E-state index in [0.29, 0.717) is 5.92 Å². The summed E-state index contributed by atoms with van der Waals surface area (Å²) < 4.78 is 0. The minimum Gasteiger partial charge on any atom is -0.324 e. The molecule has 2 aliphatic heterocycles. The van der Waals surface area contributed by atoms with Crippen LogP contribution in [-0.4, -0.2) is 18.8 Å². The second-order valence-electron chi connectivity index (χ2n) is 5.43. The smallest absolute Gasteiger partial charge is 0.0324 e. The molecule has 1 aromatic rings. The molecular weight excluding hydrogens is 240 g/mol. The summed E-state index contributed by atoms with van der Waals surface area (Å²) in [6.45, 7) is 2.25. The minimum atomic E-state index is 0.226. The lowest BCUT2D eigenvalue weighted by Gasteiger charge is -2.29. The fourth-order valence-corrected chi connectivity index (χ4v) is 4.08. The van der Waals surface area contributed by atoms with E-state index in [9.17, 15) is 0 Å². The number of benzene rings is 1. The van der Waals surface area contributed by atoms with Crippen molar-refractivity contribution in [1.29, 1.82) is 0 Å². The summed E-state index contributed by atoms with van der Waals surface area (Å²) in [6.07, 6.45) is 4.97. The van der Waals surface area contributed by atoms with Gasteiger partial charge in [-0.3, -0.25) is 0 Å². The van der Waals surface area contributed by atoms with E-state index in [1.54, 1.807) is 0 Å². The normalized spacial score (nSPS) is 22.5. The Kier molecular flexibility index (Phi) is 3.92. The van der Waals surface area contributed by atoms with Crippen LogP contribution in [-0.2, 0) is 6.42 Å². The van der Waals surface area contributed by atoms with Crippen molar-refractivity contribution in [3.05, 3.63) is 29.3 Å². The first kappa shape index (κ1) is 12.5. The van der Waals surface area contributed by atoms with Gasteiger partial charge in [-0.1, -0.05) is 12.1 Å². The van der Waals surface area contributed by atoms with Gasteiger partial charge >= 0.3 is 0 Å². The molecule has 0 spiro atoms. The van der Waals surface area contributed by atoms with Crippen molar-refractivity contribution in [3.63, 3.8) is 0 Å². The zero-order valence-corrected chi connectivity index (χ0v) is 11.6. The van der Waals surface area contributed by atoms with Crippen molar-refractivity contribution < 1.29 is 0 Å². The monoisotopic (exact) mass is 262 g/mol. The highest BCUT2D eigenvalue weighted by atomic mass is 32.2. The molecule has 98 valence electrons. The fraction of sp³-hybridized carbons (Fsp3) is 0.600. The maximum atomic E-state index is 6.47. The zero-order valence-electron chi connectivity index (χ0n) is 10.8. The highest BCUT2D eigenvalue weighted by Crippen LogP contribution is 2.34. The number of hydrogen-bond acceptors (Lipinski definition) is 3. The van der Waals surface area contributed by atoms with E-state index < -0.39 is 0 Å². The van der Waals surface area contributed by atoms with Gasteiger partial charge in [0, 0.05) is 10.9 Å². The van der Waals surface area contributed by atoms with E-state index >= 15 is 0 Å². The Morgan fingerprint density at radius 1 is 1.28 bits per heavy atom. The molecule has 0 amide bonds. The maximum absolute atomic E-state index is 6.47. The molecule has 3 rings (SSSR count). The van der Waals surface area contributed by atoms with Gasteiger partial charge in [-0.25, -0.2) is 0 Å². The predicted octanol–water partition coefficient (Wildman–Crippen LogP) is 2.72. The molecule has 1 saturated heterocycles. The molecule has 0 radical (unpaired) electrons. The van der Waals surface area contributed by atoms with Crippen LogP contribution >= 0.6 is 11.8 Å². The molecule has 0 bridgehead atoms. The Labute approximate surface area is 114 Å². The van der Waals surface area contributed by atoms with Gasteiger partial charge in [-0.15, -0.1) is 11.8 Å². The lowest BCUT2D eigenvalue weighted by Crippen LogP contribution is -2.33. The number of thioether (sulfide) groups is 1. The van der Waals surface area contributed by atoms with Crippen molar-refractivity contribution in [3.8, 4) is 0 Å². The van der Waals surface area contributed by atoms with Gasteiger partial charge in [0.15, 0.2) is 0 Å². The second-order valence-corrected chi connectivity index (χ2v) is 6.57. The van der Waals surface area contributed by atoms with E-state index in [0.717, 1.165) is 13.1 Å². The van der Waals surface area contributed by atoms with Crippen molar-refractivity contribution in [1.82, 2.24) is 5.32 Å². The Balaban J connectivity index is 1.78. The first-order valence-corrected chi connectivity index (χ1v) is 8.05. The molecule has 1 atom stereocenters. The van der Waals surface area contributed by atoms with Crippen molar-refractivity contribution in [2.24, 2.45) is 11.7 Å². The summed E-state index contributed by atoms with van der Waals surface area (Å²) in [4.78, 5) is 1.47. The van der Waals surface area contributed by atoms with Crippen LogP contribution in [0.1, 0.15) is 36.4 Å². The van der Waals surface area contributed by atoms with Gasteiger partial charge in [0.05, 0.1) is 0 Å². The quantitative estimate of drug-likeness (QED) is 0.860. The predicted molar refractivity (Wildman–Crippen MR) is 78.0 cm³/mol. The molecule has 1 fully saturated rings. The third-order valence-corrected chi connectivity index (χ3v) is 5.41. The molecule has 3 heteroatoms. The van der Waals surface area contributed by atoms with Gasteiger partial charge in [0.25, 0.3) is 0 Å². The van der Waals surface area contributed by atoms with Crippen LogP contribution in [0.2, 0.25) is 0 Å². The van der Waals surface area contributed by atoms with Crippen molar-refractivity contribution in [2.75, 3.05) is 18.8 Å². The van der Waals surface area contributed by atoms with E-state index in [4.69, 9.17) is 5.73 Å². The summed E-state index contributed by atoms with van der Waals surface area (Å²) in [6, 6.07) is 7.14. The molecular formula is C15H22N2S. The number of nitrogens with two attached hydrogens (primary N) is 1. The Morgan fingerprint density at radius 2 is 2.11 bits per heavy atom. The second kappa shape index (κ2) is 5.64. The lowest BCUT2D eigenvalue weighted by atomic mass is 9.86. The third kappa shape index (κ3) is 2.58. The highest BCUT2D eigenvalue weighted by molar-refractivity contribution is 7.99. The molecule has 0 aliphatic carbocycles. The molecule has 1 unspecified atom stereocenters. The topological polar surface area (TPSA) is 38.0 Å². The number of aryl methyl sites for hydroxylation is 1. The van der Waals surface area contributed by atoms with E-state index in [1.807, 2.05) is 11.8 Å². The van der Waals surface area contributed by atoms with Gasteiger partial charge in [-0.05, 0) is 67.6 Å². The van der Waals surface area contributed by atoms with Crippen LogP contribution in [0.3, 0.4) is 0 Å². The molecule has 18 heavy (non-hydrogen) atoms. The minimum absolute atomic E-state index is 0.226. The zero-order chi connectivity index (χ0) is 12.4. The number of nitrogens with one attached hydrogen (secondary N) is 1. The van der Waals surface area contributed by atoms with Gasteiger partial charge in [0.1, 0.15) is 0 Å². The number of fused-ring (bicyclic) bond motifs is 1. The van der Waals surface area contributed by atoms with Gasteiger partial charge in [0.2, 0.25) is 0 Å². The van der Waals surface area contributed by atoms with Gasteiger partial charge in [-0.2, -0.15) is 0 Å². The van der Waals surface area contributed by atoms with Crippen LogP contribution in [0.4, 0.5) is 0 Å². The highest BCUT2D eigenvalue weighted by Gasteiger charge is 2.22. The van der Waals surface area contributed by atoms with E-state index in [1.165, 1.54) is 47.5 Å². The molecule has 2 nitrogen and oxygen atoms in total. The summed E-state index contributed by atoms with van der Waals surface area (Å²) in [7, 11) is 0. The molecule has 3 N–H and O–H groups in total. The molecule has 2 heterocycles. The Hall–Kier alpha value is -0.510. The Morgan fingerprint density at radius 3 is 2.94 bits per heavy atom. The van der Waals surface area contributed by atoms with E-state index in [2.05, 4.69) is 23.5 Å². The van der Waals surface area contributed by atoms with Crippen molar-refractivity contribution >= 4 is 11.8 Å². The number of hydrogen-bond donors (Lipinski definition) is 2. The number of piperidine rings is 1. The molecule has 1 aromatic carbocycles.